The van der Waals surface area contributed by atoms with Crippen LogP contribution in [0.15, 0.2) is 18.6 Å². The molecule has 4 aliphatic rings. The third kappa shape index (κ3) is 10.2. The Kier molecular flexibility index (Phi) is 14.0. The molecule has 3 heterocycles. The fourth-order valence-electron chi connectivity index (χ4n) is 8.62. The number of carbonyl (C=O) groups is 6. The molecule has 53 heavy (non-hydrogen) atoms. The fourth-order valence-corrected chi connectivity index (χ4v) is 8.62. The van der Waals surface area contributed by atoms with Gasteiger partial charge in [-0.15, -0.1) is 0 Å². The lowest BCUT2D eigenvalue weighted by atomic mass is 9.81. The molecule has 0 aromatic carbocycles. The zero-order chi connectivity index (χ0) is 38.1. The molecule has 14 nitrogen and oxygen atoms in total. The van der Waals surface area contributed by atoms with Gasteiger partial charge in [-0.1, -0.05) is 66.2 Å². The molecule has 292 valence electrons. The van der Waals surface area contributed by atoms with Gasteiger partial charge in [-0.25, -0.2) is 4.98 Å². The van der Waals surface area contributed by atoms with Gasteiger partial charge >= 0.3 is 0 Å². The molecule has 5 amide bonds. The first-order valence-corrected chi connectivity index (χ1v) is 19.8. The molecular formula is C39H59N7O7. The van der Waals surface area contributed by atoms with E-state index in [4.69, 9.17) is 4.74 Å². The van der Waals surface area contributed by atoms with Crippen LogP contribution in [0.4, 0.5) is 0 Å². The minimum Gasteiger partial charge on any atom is -0.376 e. The van der Waals surface area contributed by atoms with Crippen molar-refractivity contribution in [3.8, 4) is 0 Å². The second-order valence-electron chi connectivity index (χ2n) is 16.4. The van der Waals surface area contributed by atoms with Crippen LogP contribution in [-0.4, -0.2) is 99.7 Å². The minimum absolute atomic E-state index is 0.0936. The number of fused-ring (bicyclic) bond motifs is 1. The first-order valence-electron chi connectivity index (χ1n) is 19.8. The highest BCUT2D eigenvalue weighted by Crippen LogP contribution is 2.41. The lowest BCUT2D eigenvalue weighted by molar-refractivity contribution is -0.147. The largest absolute Gasteiger partial charge is 0.376 e. The Bertz CT molecular complexity index is 1460. The molecule has 2 saturated carbocycles. The number of aromatic nitrogens is 2. The normalized spacial score (nSPS) is 25.0. The van der Waals surface area contributed by atoms with E-state index >= 15 is 0 Å². The Labute approximate surface area is 313 Å². The van der Waals surface area contributed by atoms with E-state index in [1.807, 2.05) is 27.7 Å². The third-order valence-corrected chi connectivity index (χ3v) is 11.5. The van der Waals surface area contributed by atoms with E-state index in [2.05, 4.69) is 31.2 Å². The van der Waals surface area contributed by atoms with Crippen LogP contribution >= 0.6 is 0 Å². The van der Waals surface area contributed by atoms with E-state index in [-0.39, 0.29) is 48.5 Å². The van der Waals surface area contributed by atoms with Crippen LogP contribution in [-0.2, 0) is 28.7 Å². The van der Waals surface area contributed by atoms with Crippen LogP contribution in [0.2, 0.25) is 0 Å². The Morgan fingerprint density at radius 1 is 0.906 bits per heavy atom. The summed E-state index contributed by atoms with van der Waals surface area (Å²) in [5, 5.41) is 11.5. The van der Waals surface area contributed by atoms with E-state index in [9.17, 15) is 28.8 Å². The SMILES string of the molecule is CCC[C@H](NC(=O)[C@@H]1C[C@@H]2CCCC[C@@H]2N1C(=O)[C@@H](NC(=O)C(NC(=O)c1cnccn1)C1CCCCC1)C(C)(C)C)C(=O)C(=O)NC[C@@H]1CCCO1. The molecule has 1 unspecified atom stereocenters. The Balaban J connectivity index is 1.35. The van der Waals surface area contributed by atoms with Crippen molar-refractivity contribution in [2.24, 2.45) is 17.3 Å². The molecule has 2 aliphatic carbocycles. The van der Waals surface area contributed by atoms with Crippen LogP contribution in [0.5, 0.6) is 0 Å². The third-order valence-electron chi connectivity index (χ3n) is 11.5. The van der Waals surface area contributed by atoms with E-state index in [0.717, 1.165) is 70.6 Å². The monoisotopic (exact) mass is 737 g/mol. The first kappa shape index (κ1) is 40.2. The lowest BCUT2D eigenvalue weighted by Crippen LogP contribution is -2.63. The lowest BCUT2D eigenvalue weighted by Gasteiger charge is -2.40. The molecule has 2 saturated heterocycles. The highest BCUT2D eigenvalue weighted by Gasteiger charge is 2.51. The molecule has 1 aromatic heterocycles. The van der Waals surface area contributed by atoms with Crippen molar-refractivity contribution in [2.75, 3.05) is 13.2 Å². The van der Waals surface area contributed by atoms with Gasteiger partial charge in [0.2, 0.25) is 23.5 Å². The predicted octanol–water partition coefficient (Wildman–Crippen LogP) is 3.00. The maximum absolute atomic E-state index is 14.9. The van der Waals surface area contributed by atoms with Gasteiger partial charge in [0.1, 0.15) is 23.8 Å². The number of Topliss-reactive ketones (excluding diaryl/α,β-unsaturated/α-hetero) is 1. The number of ketones is 1. The molecule has 0 spiro atoms. The summed E-state index contributed by atoms with van der Waals surface area (Å²) in [7, 11) is 0. The van der Waals surface area contributed by atoms with Gasteiger partial charge < -0.3 is 30.9 Å². The van der Waals surface area contributed by atoms with Crippen molar-refractivity contribution < 1.29 is 33.5 Å². The van der Waals surface area contributed by atoms with Crippen molar-refractivity contribution in [1.29, 1.82) is 0 Å². The van der Waals surface area contributed by atoms with Crippen LogP contribution in [0.3, 0.4) is 0 Å². The van der Waals surface area contributed by atoms with Crippen molar-refractivity contribution in [3.63, 3.8) is 0 Å². The summed E-state index contributed by atoms with van der Waals surface area (Å²) < 4.78 is 5.57. The summed E-state index contributed by atoms with van der Waals surface area (Å²) in [4.78, 5) is 92.6. The summed E-state index contributed by atoms with van der Waals surface area (Å²) in [5.74, 6) is -3.31. The van der Waals surface area contributed by atoms with Gasteiger partial charge in [0.05, 0.1) is 18.3 Å². The molecule has 0 bridgehead atoms. The zero-order valence-electron chi connectivity index (χ0n) is 31.9. The van der Waals surface area contributed by atoms with Gasteiger partial charge in [0, 0.05) is 31.6 Å². The number of likely N-dealkylation sites (tertiary alicyclic amines) is 1. The number of rotatable bonds is 14. The molecule has 0 radical (unpaired) electrons. The summed E-state index contributed by atoms with van der Waals surface area (Å²) >= 11 is 0. The highest BCUT2D eigenvalue weighted by molar-refractivity contribution is 6.38. The summed E-state index contributed by atoms with van der Waals surface area (Å²) in [5.41, 5.74) is -0.659. The van der Waals surface area contributed by atoms with Crippen molar-refractivity contribution in [1.82, 2.24) is 36.1 Å². The van der Waals surface area contributed by atoms with Crippen molar-refractivity contribution in [2.45, 2.75) is 154 Å². The van der Waals surface area contributed by atoms with Gasteiger partial charge in [-0.3, -0.25) is 33.8 Å². The predicted molar refractivity (Wildman–Crippen MR) is 196 cm³/mol. The summed E-state index contributed by atoms with van der Waals surface area (Å²) in [6.45, 7) is 8.36. The van der Waals surface area contributed by atoms with Gasteiger partial charge in [0.15, 0.2) is 0 Å². The van der Waals surface area contributed by atoms with Crippen LogP contribution in [0.25, 0.3) is 0 Å². The van der Waals surface area contributed by atoms with E-state index in [1.54, 1.807) is 4.90 Å². The van der Waals surface area contributed by atoms with Crippen LogP contribution in [0.1, 0.15) is 128 Å². The molecule has 5 rings (SSSR count). The number of nitrogens with one attached hydrogen (secondary N) is 4. The maximum atomic E-state index is 14.9. The number of hydrogen-bond donors (Lipinski definition) is 4. The Morgan fingerprint density at radius 3 is 2.30 bits per heavy atom. The minimum atomic E-state index is -1.04. The van der Waals surface area contributed by atoms with E-state index < -0.39 is 59.0 Å². The van der Waals surface area contributed by atoms with Gasteiger partial charge in [0.25, 0.3) is 11.8 Å². The molecule has 14 heteroatoms. The molecule has 7 atom stereocenters. The fraction of sp³-hybridized carbons (Fsp3) is 0.744. The Morgan fingerprint density at radius 2 is 1.64 bits per heavy atom. The molecular weight excluding hydrogens is 678 g/mol. The first-order chi connectivity index (χ1) is 25.4. The molecule has 4 fully saturated rings. The highest BCUT2D eigenvalue weighted by atomic mass is 16.5. The second kappa shape index (κ2) is 18.4. The topological polar surface area (TPSA) is 189 Å². The quantitative estimate of drug-likeness (QED) is 0.208. The number of ether oxygens (including phenoxy) is 1. The standard InChI is InChI=1S/C39H59N7O7/c1-5-12-27(32(47)37(51)42-22-26-16-11-20-53-26)43-35(49)30-21-25-15-9-10-17-29(25)46(30)38(52)33(39(2,3)4)45-36(50)31(24-13-7-6-8-14-24)44-34(48)28-23-40-18-19-41-28/h18-19,23-27,29-31,33H,5-17,20-22H2,1-4H3,(H,42,51)(H,43,49)(H,44,48)(H,45,50)/t25-,26-,27-,29-,30-,31?,33+/m0/s1. The average Bonchev–Trinajstić information content (AvgIpc) is 3.83. The van der Waals surface area contributed by atoms with E-state index in [0.29, 0.717) is 19.4 Å². The number of carbonyl (C=O) groups excluding carboxylic acids is 6. The van der Waals surface area contributed by atoms with Crippen LogP contribution in [0, 0.1) is 17.3 Å². The van der Waals surface area contributed by atoms with E-state index in [1.165, 1.54) is 18.6 Å². The number of hydrogen-bond acceptors (Lipinski definition) is 9. The maximum Gasteiger partial charge on any atom is 0.289 e. The molecule has 4 N–H and O–H groups in total. The van der Waals surface area contributed by atoms with Crippen molar-refractivity contribution in [3.05, 3.63) is 24.3 Å². The number of nitrogens with zero attached hydrogens (tertiary/aromatic N) is 3. The second-order valence-corrected chi connectivity index (χ2v) is 16.4. The van der Waals surface area contributed by atoms with Gasteiger partial charge in [-0.2, -0.15) is 0 Å². The van der Waals surface area contributed by atoms with Gasteiger partial charge in [-0.05, 0) is 68.6 Å². The summed E-state index contributed by atoms with van der Waals surface area (Å²) in [6, 6.07) is -4.01. The summed E-state index contributed by atoms with van der Waals surface area (Å²) in [6.07, 6.45) is 15.0. The zero-order valence-corrected chi connectivity index (χ0v) is 31.9. The van der Waals surface area contributed by atoms with Crippen molar-refractivity contribution >= 4 is 35.3 Å². The number of amides is 5. The Hall–Kier alpha value is -3.94. The average molecular weight is 738 g/mol. The smallest absolute Gasteiger partial charge is 0.289 e. The van der Waals surface area contributed by atoms with Crippen LogP contribution < -0.4 is 21.3 Å². The molecule has 2 aliphatic heterocycles. The molecule has 1 aromatic rings.